The molecule has 0 N–H and O–H groups in total. The van der Waals surface area contributed by atoms with Gasteiger partial charge in [-0.3, -0.25) is 9.59 Å². The van der Waals surface area contributed by atoms with E-state index in [1.165, 1.54) is 148 Å². The first-order chi connectivity index (χ1) is 33.1. The van der Waals surface area contributed by atoms with Crippen LogP contribution < -0.4 is 5.11 Å². The monoisotopic (exact) mass is 954 g/mol. The van der Waals surface area contributed by atoms with Crippen molar-refractivity contribution < 1.29 is 38.2 Å². The number of carboxylic acids is 1. The number of carbonyl (C=O) groups is 3. The number of allylic oxidation sites excluding steroid dienone is 10. The van der Waals surface area contributed by atoms with Crippen LogP contribution in [-0.2, 0) is 28.6 Å². The van der Waals surface area contributed by atoms with E-state index in [0.717, 1.165) is 70.6 Å². The number of aliphatic carboxylic acids is 1. The first kappa shape index (κ1) is 65.0. The smallest absolute Gasteiger partial charge is 0.306 e. The van der Waals surface area contributed by atoms with Gasteiger partial charge in [0.2, 0.25) is 0 Å². The summed E-state index contributed by atoms with van der Waals surface area (Å²) in [5, 5.41) is 11.7. The third kappa shape index (κ3) is 48.1. The number of hydrogen-bond acceptors (Lipinski definition) is 7. The Kier molecular flexibility index (Phi) is 48.2. The van der Waals surface area contributed by atoms with Crippen LogP contribution in [0, 0.1) is 0 Å². The van der Waals surface area contributed by atoms with Gasteiger partial charge in [0.25, 0.3) is 0 Å². The summed E-state index contributed by atoms with van der Waals surface area (Å²) in [4.78, 5) is 37.2. The average molecular weight is 955 g/mol. The predicted molar refractivity (Wildman–Crippen MR) is 286 cm³/mol. The highest BCUT2D eigenvalue weighted by atomic mass is 16.6. The second-order valence-corrected chi connectivity index (χ2v) is 20.1. The van der Waals surface area contributed by atoms with E-state index >= 15 is 0 Å². The third-order valence-electron chi connectivity index (χ3n) is 12.6. The standard InChI is InChI=1S/C60H107NO7/c1-6-8-10-12-14-16-18-20-22-24-26-28-29-31-32-34-36-38-40-42-44-46-48-50-58(62)67-55-56(54-66-53-52-57(60(64)65)61(3,4)5)68-59(63)51-49-47-45-43-41-39-37-35-33-30-27-25-23-21-19-17-15-13-11-9-7-2/h8-11,14-17,20,22,56-57H,6-7,12-13,18-19,21,23-55H2,1-5H3/b10-8+,11-9+,16-14+,17-15+,22-20+. The van der Waals surface area contributed by atoms with Crippen LogP contribution in [0.5, 0.6) is 0 Å². The molecule has 394 valence electrons. The van der Waals surface area contributed by atoms with E-state index < -0.39 is 18.1 Å². The van der Waals surface area contributed by atoms with E-state index in [4.69, 9.17) is 14.2 Å². The Labute approximate surface area is 419 Å². The summed E-state index contributed by atoms with van der Waals surface area (Å²) in [6, 6.07) is -0.727. The Hall–Kier alpha value is -2.97. The molecule has 0 aromatic rings. The van der Waals surface area contributed by atoms with Crippen LogP contribution in [0.4, 0.5) is 0 Å². The number of carbonyl (C=O) groups excluding carboxylic acids is 3. The van der Waals surface area contributed by atoms with Crippen molar-refractivity contribution in [3.8, 4) is 0 Å². The molecule has 0 aromatic carbocycles. The van der Waals surface area contributed by atoms with Gasteiger partial charge in [0.15, 0.2) is 6.10 Å². The van der Waals surface area contributed by atoms with Crippen molar-refractivity contribution >= 4 is 17.9 Å². The summed E-state index contributed by atoms with van der Waals surface area (Å²) in [6.07, 6.45) is 64.0. The van der Waals surface area contributed by atoms with Gasteiger partial charge in [-0.1, -0.05) is 222 Å². The minimum atomic E-state index is -1.12. The molecule has 2 atom stereocenters. The lowest BCUT2D eigenvalue weighted by Crippen LogP contribution is -2.55. The Bertz CT molecular complexity index is 1290. The van der Waals surface area contributed by atoms with Gasteiger partial charge < -0.3 is 28.6 Å². The summed E-state index contributed by atoms with van der Waals surface area (Å²) in [5.74, 6) is -1.73. The van der Waals surface area contributed by atoms with Crippen LogP contribution >= 0.6 is 0 Å². The molecule has 0 spiro atoms. The van der Waals surface area contributed by atoms with E-state index in [2.05, 4.69) is 74.6 Å². The fourth-order valence-corrected chi connectivity index (χ4v) is 8.36. The number of unbranched alkanes of at least 4 members (excludes halogenated alkanes) is 27. The fourth-order valence-electron chi connectivity index (χ4n) is 8.36. The number of rotatable bonds is 51. The average Bonchev–Trinajstić information content (AvgIpc) is 3.30. The number of nitrogens with zero attached hydrogens (tertiary/aromatic N) is 1. The second kappa shape index (κ2) is 50.4. The maximum Gasteiger partial charge on any atom is 0.306 e. The summed E-state index contributed by atoms with van der Waals surface area (Å²) in [6.45, 7) is 4.49. The maximum atomic E-state index is 12.8. The molecule has 0 aromatic heterocycles. The van der Waals surface area contributed by atoms with Crippen LogP contribution in [0.15, 0.2) is 60.8 Å². The molecule has 8 heteroatoms. The zero-order valence-corrected chi connectivity index (χ0v) is 45.0. The predicted octanol–water partition coefficient (Wildman–Crippen LogP) is 15.5. The van der Waals surface area contributed by atoms with Crippen molar-refractivity contribution in [2.75, 3.05) is 41.0 Å². The molecular weight excluding hydrogens is 847 g/mol. The summed E-state index contributed by atoms with van der Waals surface area (Å²) in [5.41, 5.74) is 0. The van der Waals surface area contributed by atoms with Gasteiger partial charge >= 0.3 is 11.9 Å². The van der Waals surface area contributed by atoms with Crippen LogP contribution in [0.2, 0.25) is 0 Å². The molecule has 0 saturated heterocycles. The Morgan fingerprint density at radius 3 is 1.15 bits per heavy atom. The molecule has 2 unspecified atom stereocenters. The highest BCUT2D eigenvalue weighted by molar-refractivity contribution is 5.70. The molecule has 0 aliphatic rings. The highest BCUT2D eigenvalue weighted by Crippen LogP contribution is 2.17. The van der Waals surface area contributed by atoms with Crippen LogP contribution in [-0.4, -0.2) is 75.5 Å². The molecule has 0 bridgehead atoms. The van der Waals surface area contributed by atoms with Crippen molar-refractivity contribution in [1.29, 1.82) is 0 Å². The van der Waals surface area contributed by atoms with E-state index in [1.54, 1.807) is 0 Å². The van der Waals surface area contributed by atoms with Crippen molar-refractivity contribution in [3.63, 3.8) is 0 Å². The van der Waals surface area contributed by atoms with Crippen LogP contribution in [0.1, 0.15) is 251 Å². The van der Waals surface area contributed by atoms with Crippen molar-refractivity contribution in [1.82, 2.24) is 0 Å². The largest absolute Gasteiger partial charge is 0.544 e. The van der Waals surface area contributed by atoms with E-state index in [0.29, 0.717) is 12.8 Å². The van der Waals surface area contributed by atoms with E-state index in [9.17, 15) is 19.5 Å². The molecule has 0 amide bonds. The summed E-state index contributed by atoms with van der Waals surface area (Å²) < 4.78 is 17.3. The number of quaternary nitrogens is 1. The lowest BCUT2D eigenvalue weighted by molar-refractivity contribution is -0.889. The summed E-state index contributed by atoms with van der Waals surface area (Å²) in [7, 11) is 5.43. The number of carboxylic acid groups (broad SMARTS) is 1. The van der Waals surface area contributed by atoms with E-state index in [-0.39, 0.29) is 42.7 Å². The minimum Gasteiger partial charge on any atom is -0.544 e. The summed E-state index contributed by atoms with van der Waals surface area (Å²) >= 11 is 0. The molecule has 68 heavy (non-hydrogen) atoms. The molecular formula is C60H107NO7. The van der Waals surface area contributed by atoms with E-state index in [1.807, 2.05) is 21.1 Å². The topological polar surface area (TPSA) is 102 Å². The number of esters is 2. The van der Waals surface area contributed by atoms with Gasteiger partial charge in [0, 0.05) is 19.3 Å². The number of ether oxygens (including phenoxy) is 3. The first-order valence-corrected chi connectivity index (χ1v) is 28.3. The van der Waals surface area contributed by atoms with Crippen molar-refractivity contribution in [3.05, 3.63) is 60.8 Å². The second-order valence-electron chi connectivity index (χ2n) is 20.1. The normalized spacial score (nSPS) is 13.2. The zero-order valence-electron chi connectivity index (χ0n) is 45.0. The lowest BCUT2D eigenvalue weighted by Gasteiger charge is -2.34. The zero-order chi connectivity index (χ0) is 49.9. The Morgan fingerprint density at radius 2 is 0.779 bits per heavy atom. The maximum absolute atomic E-state index is 12.8. The molecule has 0 aliphatic carbocycles. The molecule has 0 aliphatic heterocycles. The van der Waals surface area contributed by atoms with Gasteiger partial charge in [-0.05, 0) is 70.6 Å². The van der Waals surface area contributed by atoms with Crippen molar-refractivity contribution in [2.45, 2.75) is 264 Å². The number of hydrogen-bond donors (Lipinski definition) is 0. The van der Waals surface area contributed by atoms with Crippen LogP contribution in [0.3, 0.4) is 0 Å². The van der Waals surface area contributed by atoms with Gasteiger partial charge in [-0.2, -0.15) is 0 Å². The third-order valence-corrected chi connectivity index (χ3v) is 12.6. The highest BCUT2D eigenvalue weighted by Gasteiger charge is 2.25. The Balaban J connectivity index is 4.15. The molecule has 0 radical (unpaired) electrons. The fraction of sp³-hybridized carbons (Fsp3) is 0.783. The van der Waals surface area contributed by atoms with Gasteiger partial charge in [-0.15, -0.1) is 0 Å². The molecule has 0 rings (SSSR count). The van der Waals surface area contributed by atoms with Crippen LogP contribution in [0.25, 0.3) is 0 Å². The minimum absolute atomic E-state index is 0.0413. The van der Waals surface area contributed by atoms with Crippen molar-refractivity contribution in [2.24, 2.45) is 0 Å². The molecule has 0 saturated carbocycles. The number of likely N-dealkylation sites (N-methyl/N-ethyl adjacent to an activating group) is 1. The molecule has 0 fully saturated rings. The molecule has 8 nitrogen and oxygen atoms in total. The quantitative estimate of drug-likeness (QED) is 0.0259. The molecule has 0 heterocycles. The first-order valence-electron chi connectivity index (χ1n) is 28.3. The Morgan fingerprint density at radius 1 is 0.441 bits per heavy atom. The SMILES string of the molecule is CC/C=C/C/C=C/C/C=C/CCCCCCCCCCCCCCCC(=O)OCC(COCCC(C(=O)[O-])[N+](C)(C)C)OC(=O)CCCCCCCCCCCCCCCC/C=C/C/C=C/CC. The van der Waals surface area contributed by atoms with Gasteiger partial charge in [0.05, 0.1) is 40.3 Å². The van der Waals surface area contributed by atoms with Gasteiger partial charge in [-0.25, -0.2) is 0 Å². The van der Waals surface area contributed by atoms with Gasteiger partial charge in [0.1, 0.15) is 12.6 Å². The lowest BCUT2D eigenvalue weighted by atomic mass is 10.0.